The number of halogens is 1. The van der Waals surface area contributed by atoms with Gasteiger partial charge in [0, 0.05) is 58.2 Å². The Morgan fingerprint density at radius 2 is 1.78 bits per heavy atom. The fourth-order valence-electron chi connectivity index (χ4n) is 4.01. The van der Waals surface area contributed by atoms with Gasteiger partial charge in [0.15, 0.2) is 0 Å². The van der Waals surface area contributed by atoms with Gasteiger partial charge in [0.25, 0.3) is 0 Å². The zero-order valence-electron chi connectivity index (χ0n) is 16.4. The largest absolute Gasteiger partial charge is 0.341 e. The topological polar surface area (TPSA) is 43.9 Å². The highest BCUT2D eigenvalue weighted by Gasteiger charge is 2.32. The lowest BCUT2D eigenvalue weighted by Gasteiger charge is -2.35. The van der Waals surface area contributed by atoms with Gasteiger partial charge in [0.2, 0.25) is 11.8 Å². The van der Waals surface area contributed by atoms with Crippen LogP contribution in [0.15, 0.2) is 24.3 Å². The van der Waals surface area contributed by atoms with Crippen LogP contribution in [0.3, 0.4) is 0 Å². The molecule has 2 heterocycles. The molecule has 0 aromatic heterocycles. The normalized spacial score (nSPS) is 22.0. The Bertz CT molecular complexity index is 662. The number of carbonyl (C=O) groups is 2. The van der Waals surface area contributed by atoms with Crippen molar-refractivity contribution in [3.63, 3.8) is 0 Å². The standard InChI is InChI=1S/C21H30FN3O2/c1-16(2)19-15-23(12-13-24-10-3-4-20(24)26)11-9-21(27)25(19)14-17-5-7-18(22)8-6-17/h5-8,16,19H,3-4,9-15H2,1-2H3/t19-/m1/s1. The minimum absolute atomic E-state index is 0.110. The van der Waals surface area contributed by atoms with Crippen LogP contribution in [0.2, 0.25) is 0 Å². The molecule has 3 rings (SSSR count). The number of hydrogen-bond donors (Lipinski definition) is 0. The van der Waals surface area contributed by atoms with E-state index in [0.29, 0.717) is 25.3 Å². The number of likely N-dealkylation sites (tertiary alicyclic amines) is 1. The molecule has 6 heteroatoms. The van der Waals surface area contributed by atoms with Gasteiger partial charge in [-0.25, -0.2) is 4.39 Å². The molecular formula is C21H30FN3O2. The SMILES string of the molecule is CC(C)[C@H]1CN(CCN2CCCC2=O)CCC(=O)N1Cc1ccc(F)cc1. The molecule has 2 fully saturated rings. The van der Waals surface area contributed by atoms with Gasteiger partial charge in [0.1, 0.15) is 5.82 Å². The molecule has 0 radical (unpaired) electrons. The van der Waals surface area contributed by atoms with E-state index in [1.165, 1.54) is 12.1 Å². The van der Waals surface area contributed by atoms with Gasteiger partial charge >= 0.3 is 0 Å². The second kappa shape index (κ2) is 8.83. The zero-order valence-corrected chi connectivity index (χ0v) is 16.4. The van der Waals surface area contributed by atoms with E-state index >= 15 is 0 Å². The number of hydrogen-bond acceptors (Lipinski definition) is 3. The minimum Gasteiger partial charge on any atom is -0.341 e. The molecule has 2 saturated heterocycles. The van der Waals surface area contributed by atoms with E-state index in [9.17, 15) is 14.0 Å². The number of benzene rings is 1. The van der Waals surface area contributed by atoms with Crippen LogP contribution in [0.1, 0.15) is 38.7 Å². The molecule has 5 nitrogen and oxygen atoms in total. The average Bonchev–Trinajstić information content (AvgIpc) is 2.98. The van der Waals surface area contributed by atoms with Gasteiger partial charge in [-0.3, -0.25) is 14.5 Å². The molecule has 2 amide bonds. The van der Waals surface area contributed by atoms with Gasteiger partial charge in [0.05, 0.1) is 0 Å². The maximum absolute atomic E-state index is 13.2. The molecule has 2 aliphatic rings. The molecule has 2 aliphatic heterocycles. The number of nitrogens with zero attached hydrogens (tertiary/aromatic N) is 3. The zero-order chi connectivity index (χ0) is 19.4. The van der Waals surface area contributed by atoms with Crippen molar-refractivity contribution >= 4 is 11.8 Å². The van der Waals surface area contributed by atoms with E-state index in [1.807, 2.05) is 9.80 Å². The smallest absolute Gasteiger partial charge is 0.224 e. The van der Waals surface area contributed by atoms with Crippen molar-refractivity contribution in [3.05, 3.63) is 35.6 Å². The highest BCUT2D eigenvalue weighted by atomic mass is 19.1. The Morgan fingerprint density at radius 3 is 2.41 bits per heavy atom. The second-order valence-electron chi connectivity index (χ2n) is 7.99. The summed E-state index contributed by atoms with van der Waals surface area (Å²) >= 11 is 0. The van der Waals surface area contributed by atoms with Crippen molar-refractivity contribution in [3.8, 4) is 0 Å². The van der Waals surface area contributed by atoms with Gasteiger partial charge in [-0.05, 0) is 30.0 Å². The fourth-order valence-corrected chi connectivity index (χ4v) is 4.01. The predicted octanol–water partition coefficient (Wildman–Crippen LogP) is 2.51. The van der Waals surface area contributed by atoms with Crippen LogP contribution in [-0.2, 0) is 16.1 Å². The van der Waals surface area contributed by atoms with Crippen LogP contribution < -0.4 is 0 Å². The van der Waals surface area contributed by atoms with Crippen molar-refractivity contribution in [1.82, 2.24) is 14.7 Å². The van der Waals surface area contributed by atoms with E-state index in [0.717, 1.165) is 44.7 Å². The third kappa shape index (κ3) is 5.06. The molecule has 0 unspecified atom stereocenters. The molecule has 1 aromatic rings. The third-order valence-electron chi connectivity index (χ3n) is 5.70. The maximum atomic E-state index is 13.2. The van der Waals surface area contributed by atoms with E-state index < -0.39 is 0 Å². The fraction of sp³-hybridized carbons (Fsp3) is 0.619. The Balaban J connectivity index is 1.66. The van der Waals surface area contributed by atoms with Crippen LogP contribution >= 0.6 is 0 Å². The van der Waals surface area contributed by atoms with Crippen molar-refractivity contribution in [2.45, 2.75) is 45.7 Å². The summed E-state index contributed by atoms with van der Waals surface area (Å²) in [5, 5.41) is 0. The summed E-state index contributed by atoms with van der Waals surface area (Å²) < 4.78 is 13.2. The molecule has 1 aromatic carbocycles. The number of carbonyl (C=O) groups excluding carboxylic acids is 2. The number of amides is 2. The first-order valence-corrected chi connectivity index (χ1v) is 9.98. The van der Waals surface area contributed by atoms with Crippen molar-refractivity contribution in [1.29, 1.82) is 0 Å². The van der Waals surface area contributed by atoms with Crippen LogP contribution in [0, 0.1) is 11.7 Å². The molecule has 0 spiro atoms. The molecule has 0 bridgehead atoms. The van der Waals surface area contributed by atoms with Gasteiger partial charge in [-0.1, -0.05) is 26.0 Å². The van der Waals surface area contributed by atoms with Crippen LogP contribution in [-0.4, -0.2) is 65.3 Å². The lowest BCUT2D eigenvalue weighted by molar-refractivity contribution is -0.134. The molecule has 0 saturated carbocycles. The molecule has 1 atom stereocenters. The van der Waals surface area contributed by atoms with Gasteiger partial charge in [-0.15, -0.1) is 0 Å². The highest BCUT2D eigenvalue weighted by molar-refractivity contribution is 5.78. The number of rotatable bonds is 6. The van der Waals surface area contributed by atoms with Crippen molar-refractivity contribution in [2.75, 3.05) is 32.7 Å². The van der Waals surface area contributed by atoms with Crippen molar-refractivity contribution < 1.29 is 14.0 Å². The highest BCUT2D eigenvalue weighted by Crippen LogP contribution is 2.21. The molecule has 27 heavy (non-hydrogen) atoms. The molecule has 0 aliphatic carbocycles. The predicted molar refractivity (Wildman–Crippen MR) is 102 cm³/mol. The van der Waals surface area contributed by atoms with E-state index in [4.69, 9.17) is 0 Å². The summed E-state index contributed by atoms with van der Waals surface area (Å²) in [5.41, 5.74) is 0.950. The van der Waals surface area contributed by atoms with E-state index in [1.54, 1.807) is 12.1 Å². The first-order chi connectivity index (χ1) is 12.9. The van der Waals surface area contributed by atoms with Gasteiger partial charge < -0.3 is 9.80 Å². The minimum atomic E-state index is -0.260. The van der Waals surface area contributed by atoms with Gasteiger partial charge in [-0.2, -0.15) is 0 Å². The summed E-state index contributed by atoms with van der Waals surface area (Å²) in [5.74, 6) is 0.462. The summed E-state index contributed by atoms with van der Waals surface area (Å²) in [7, 11) is 0. The summed E-state index contributed by atoms with van der Waals surface area (Å²) in [6, 6.07) is 6.51. The van der Waals surface area contributed by atoms with Crippen LogP contribution in [0.4, 0.5) is 4.39 Å². The lowest BCUT2D eigenvalue weighted by Crippen LogP contribution is -2.47. The summed E-state index contributed by atoms with van der Waals surface area (Å²) in [6.07, 6.45) is 2.11. The van der Waals surface area contributed by atoms with Crippen molar-refractivity contribution in [2.24, 2.45) is 5.92 Å². The first-order valence-electron chi connectivity index (χ1n) is 9.98. The Labute approximate surface area is 161 Å². The maximum Gasteiger partial charge on any atom is 0.224 e. The Morgan fingerprint density at radius 1 is 1.04 bits per heavy atom. The Kier molecular flexibility index (Phi) is 6.47. The summed E-state index contributed by atoms with van der Waals surface area (Å²) in [4.78, 5) is 30.9. The molecule has 148 valence electrons. The Hall–Kier alpha value is -1.95. The molecular weight excluding hydrogens is 345 g/mol. The monoisotopic (exact) mass is 375 g/mol. The second-order valence-corrected chi connectivity index (χ2v) is 7.99. The summed E-state index contributed by atoms with van der Waals surface area (Å²) in [6.45, 7) is 8.75. The van der Waals surface area contributed by atoms with Crippen LogP contribution in [0.25, 0.3) is 0 Å². The quantitative estimate of drug-likeness (QED) is 0.767. The first kappa shape index (κ1) is 19.8. The van der Waals surface area contributed by atoms with Crippen LogP contribution in [0.5, 0.6) is 0 Å². The lowest BCUT2D eigenvalue weighted by atomic mass is 10.0. The third-order valence-corrected chi connectivity index (χ3v) is 5.70. The molecule has 0 N–H and O–H groups in total. The average molecular weight is 375 g/mol. The van der Waals surface area contributed by atoms with E-state index in [2.05, 4.69) is 18.7 Å². The van der Waals surface area contributed by atoms with E-state index in [-0.39, 0.29) is 23.7 Å².